The molecule has 1 aliphatic heterocycles. The van der Waals surface area contributed by atoms with Gasteiger partial charge in [-0.05, 0) is 79.1 Å². The third-order valence-electron chi connectivity index (χ3n) is 3.41. The molecule has 0 spiro atoms. The predicted octanol–water partition coefficient (Wildman–Crippen LogP) is 3.06. The van der Waals surface area contributed by atoms with Crippen molar-refractivity contribution >= 4 is 40.1 Å². The lowest BCUT2D eigenvalue weighted by atomic mass is 9.96. The molecule has 1 amide bonds. The molecule has 1 fully saturated rings. The number of nitrogens with one attached hydrogen (secondary N) is 2. The Kier molecular flexibility index (Phi) is 5.91. The highest BCUT2D eigenvalue weighted by Crippen LogP contribution is 2.19. The second kappa shape index (κ2) is 7.45. The van der Waals surface area contributed by atoms with Gasteiger partial charge in [0.1, 0.15) is 0 Å². The molecule has 1 unspecified atom stereocenters. The van der Waals surface area contributed by atoms with Crippen molar-refractivity contribution in [3.8, 4) is 0 Å². The van der Waals surface area contributed by atoms with E-state index in [4.69, 9.17) is 11.6 Å². The molecule has 1 aliphatic rings. The van der Waals surface area contributed by atoms with Gasteiger partial charge in [-0.15, -0.1) is 0 Å². The summed E-state index contributed by atoms with van der Waals surface area (Å²) in [5, 5.41) is 6.86. The number of rotatable bonds is 4. The van der Waals surface area contributed by atoms with Crippen LogP contribution in [-0.2, 0) is 0 Å². The van der Waals surface area contributed by atoms with Crippen molar-refractivity contribution in [3.05, 3.63) is 32.4 Å². The fourth-order valence-electron chi connectivity index (χ4n) is 2.33. The van der Waals surface area contributed by atoms with Crippen LogP contribution in [0, 0.1) is 9.49 Å². The molecule has 0 aliphatic carbocycles. The molecule has 2 N–H and O–H groups in total. The summed E-state index contributed by atoms with van der Waals surface area (Å²) in [4.78, 5) is 12.0. The number of piperidine rings is 1. The average molecular weight is 393 g/mol. The van der Waals surface area contributed by atoms with Crippen LogP contribution in [0.1, 0.15) is 29.6 Å². The second-order valence-electron chi connectivity index (χ2n) is 4.88. The lowest BCUT2D eigenvalue weighted by Crippen LogP contribution is -2.33. The van der Waals surface area contributed by atoms with Crippen LogP contribution in [0.5, 0.6) is 0 Å². The van der Waals surface area contributed by atoms with Crippen LogP contribution >= 0.6 is 34.2 Å². The molecule has 0 aromatic heterocycles. The average Bonchev–Trinajstić information content (AvgIpc) is 2.39. The van der Waals surface area contributed by atoms with Gasteiger partial charge in [0.15, 0.2) is 0 Å². The Morgan fingerprint density at radius 2 is 2.37 bits per heavy atom. The van der Waals surface area contributed by atoms with E-state index in [1.807, 2.05) is 12.1 Å². The molecule has 1 aromatic carbocycles. The first kappa shape index (κ1) is 15.1. The Morgan fingerprint density at radius 3 is 3.05 bits per heavy atom. The predicted molar refractivity (Wildman–Crippen MR) is 86.7 cm³/mol. The van der Waals surface area contributed by atoms with E-state index in [9.17, 15) is 4.79 Å². The van der Waals surface area contributed by atoms with Crippen LogP contribution in [0.3, 0.4) is 0 Å². The fourth-order valence-corrected chi connectivity index (χ4v) is 3.27. The van der Waals surface area contributed by atoms with E-state index in [1.165, 1.54) is 12.8 Å². The van der Waals surface area contributed by atoms with Crippen molar-refractivity contribution in [1.82, 2.24) is 10.6 Å². The molecule has 104 valence electrons. The van der Waals surface area contributed by atoms with E-state index in [0.29, 0.717) is 23.0 Å². The summed E-state index contributed by atoms with van der Waals surface area (Å²) in [5.74, 6) is 0.603. The molecular formula is C14H18ClIN2O. The minimum atomic E-state index is -0.0785. The van der Waals surface area contributed by atoms with Gasteiger partial charge < -0.3 is 10.6 Å². The first-order valence-electron chi connectivity index (χ1n) is 6.61. The quantitative estimate of drug-likeness (QED) is 0.773. The summed E-state index contributed by atoms with van der Waals surface area (Å²) in [7, 11) is 0. The molecule has 1 heterocycles. The first-order chi connectivity index (χ1) is 9.16. The van der Waals surface area contributed by atoms with Crippen molar-refractivity contribution in [2.45, 2.75) is 19.3 Å². The largest absolute Gasteiger partial charge is 0.352 e. The van der Waals surface area contributed by atoms with E-state index in [2.05, 4.69) is 33.2 Å². The molecule has 1 atom stereocenters. The summed E-state index contributed by atoms with van der Waals surface area (Å²) < 4.78 is 1.03. The van der Waals surface area contributed by atoms with Gasteiger partial charge in [0.05, 0.1) is 10.6 Å². The number of carbonyl (C=O) groups excluding carboxylic acids is 1. The van der Waals surface area contributed by atoms with Crippen molar-refractivity contribution in [1.29, 1.82) is 0 Å². The fraction of sp³-hybridized carbons (Fsp3) is 0.500. The van der Waals surface area contributed by atoms with Gasteiger partial charge >= 0.3 is 0 Å². The number of hydrogen-bond donors (Lipinski definition) is 2. The lowest BCUT2D eigenvalue weighted by molar-refractivity contribution is 0.0951. The van der Waals surface area contributed by atoms with Crippen molar-refractivity contribution in [3.63, 3.8) is 0 Å². The van der Waals surface area contributed by atoms with Crippen LogP contribution in [0.25, 0.3) is 0 Å². The minimum Gasteiger partial charge on any atom is -0.352 e. The SMILES string of the molecule is O=C(NCCC1CCCNC1)c1ccc(I)cc1Cl. The standard InChI is InChI=1S/C14H18ClIN2O/c15-13-8-11(16)3-4-12(13)14(19)18-7-5-10-2-1-6-17-9-10/h3-4,8,10,17H,1-2,5-7,9H2,(H,18,19). The van der Waals surface area contributed by atoms with E-state index in [0.717, 1.165) is 23.1 Å². The smallest absolute Gasteiger partial charge is 0.252 e. The van der Waals surface area contributed by atoms with Gasteiger partial charge in [-0.1, -0.05) is 11.6 Å². The Bertz CT molecular complexity index is 447. The summed E-state index contributed by atoms with van der Waals surface area (Å²) in [6.07, 6.45) is 3.52. The molecule has 2 rings (SSSR count). The Morgan fingerprint density at radius 1 is 1.53 bits per heavy atom. The maximum atomic E-state index is 12.0. The maximum absolute atomic E-state index is 12.0. The number of hydrogen-bond acceptors (Lipinski definition) is 2. The van der Waals surface area contributed by atoms with Crippen LogP contribution in [0.2, 0.25) is 5.02 Å². The highest BCUT2D eigenvalue weighted by Gasteiger charge is 2.14. The number of carbonyl (C=O) groups is 1. The zero-order valence-corrected chi connectivity index (χ0v) is 13.6. The zero-order chi connectivity index (χ0) is 13.7. The molecule has 19 heavy (non-hydrogen) atoms. The Labute approximate surface area is 132 Å². The van der Waals surface area contributed by atoms with Crippen LogP contribution < -0.4 is 10.6 Å². The maximum Gasteiger partial charge on any atom is 0.252 e. The van der Waals surface area contributed by atoms with Crippen molar-refractivity contribution < 1.29 is 4.79 Å². The third-order valence-corrected chi connectivity index (χ3v) is 4.40. The van der Waals surface area contributed by atoms with E-state index in [-0.39, 0.29) is 5.91 Å². The molecule has 3 nitrogen and oxygen atoms in total. The third kappa shape index (κ3) is 4.61. The zero-order valence-electron chi connectivity index (χ0n) is 10.7. The first-order valence-corrected chi connectivity index (χ1v) is 8.06. The summed E-state index contributed by atoms with van der Waals surface area (Å²) in [6, 6.07) is 5.48. The van der Waals surface area contributed by atoms with Crippen molar-refractivity contribution in [2.24, 2.45) is 5.92 Å². The van der Waals surface area contributed by atoms with Gasteiger partial charge in [0, 0.05) is 10.1 Å². The Balaban J connectivity index is 1.80. The van der Waals surface area contributed by atoms with Gasteiger partial charge in [-0.2, -0.15) is 0 Å². The van der Waals surface area contributed by atoms with Gasteiger partial charge in [0.2, 0.25) is 0 Å². The topological polar surface area (TPSA) is 41.1 Å². The number of amides is 1. The van der Waals surface area contributed by atoms with E-state index in [1.54, 1.807) is 6.07 Å². The minimum absolute atomic E-state index is 0.0785. The number of benzene rings is 1. The molecule has 5 heteroatoms. The molecule has 1 aromatic rings. The van der Waals surface area contributed by atoms with Gasteiger partial charge in [-0.3, -0.25) is 4.79 Å². The summed E-state index contributed by atoms with van der Waals surface area (Å²) in [6.45, 7) is 2.91. The molecule has 0 saturated carbocycles. The second-order valence-corrected chi connectivity index (χ2v) is 6.53. The van der Waals surface area contributed by atoms with Crippen LogP contribution in [0.4, 0.5) is 0 Å². The van der Waals surface area contributed by atoms with Crippen LogP contribution in [-0.4, -0.2) is 25.5 Å². The highest BCUT2D eigenvalue weighted by atomic mass is 127. The van der Waals surface area contributed by atoms with E-state index >= 15 is 0 Å². The highest BCUT2D eigenvalue weighted by molar-refractivity contribution is 14.1. The normalized spacial score (nSPS) is 19.2. The summed E-state index contributed by atoms with van der Waals surface area (Å²) >= 11 is 8.26. The Hall–Kier alpha value is -0.330. The molecule has 0 radical (unpaired) electrons. The van der Waals surface area contributed by atoms with Crippen molar-refractivity contribution in [2.75, 3.05) is 19.6 Å². The number of halogens is 2. The van der Waals surface area contributed by atoms with Gasteiger partial charge in [-0.25, -0.2) is 0 Å². The summed E-state index contributed by atoms with van der Waals surface area (Å²) in [5.41, 5.74) is 0.559. The van der Waals surface area contributed by atoms with Crippen LogP contribution in [0.15, 0.2) is 18.2 Å². The van der Waals surface area contributed by atoms with E-state index < -0.39 is 0 Å². The lowest BCUT2D eigenvalue weighted by Gasteiger charge is -2.22. The monoisotopic (exact) mass is 392 g/mol. The molecular weight excluding hydrogens is 375 g/mol. The molecule has 1 saturated heterocycles. The van der Waals surface area contributed by atoms with Gasteiger partial charge in [0.25, 0.3) is 5.91 Å². The molecule has 0 bridgehead atoms.